The van der Waals surface area contributed by atoms with Crippen LogP contribution in [0, 0.1) is 0 Å². The van der Waals surface area contributed by atoms with Crippen LogP contribution in [0.1, 0.15) is 5.56 Å². The molecule has 0 saturated heterocycles. The Labute approximate surface area is 101 Å². The first kappa shape index (κ1) is 11.6. The zero-order chi connectivity index (χ0) is 11.2. The maximum absolute atomic E-state index is 3.43. The second-order valence-electron chi connectivity index (χ2n) is 3.86. The lowest BCUT2D eigenvalue weighted by molar-refractivity contribution is 0.650. The topological polar surface area (TPSA) is 24.1 Å². The Hall–Kier alpha value is -0.900. The maximum atomic E-state index is 3.43. The molecular weight excluding hydrogens is 216 g/mol. The number of hydrogen-bond donors (Lipinski definition) is 2. The van der Waals surface area contributed by atoms with Crippen LogP contribution in [0.15, 0.2) is 29.6 Å². The average molecular weight is 234 g/mol. The average Bonchev–Trinajstić information content (AvgIpc) is 2.73. The van der Waals surface area contributed by atoms with Crippen molar-refractivity contribution >= 4 is 21.4 Å². The highest BCUT2D eigenvalue weighted by molar-refractivity contribution is 7.17. The molecule has 86 valence electrons. The molecule has 0 spiro atoms. The molecule has 1 aromatic carbocycles. The van der Waals surface area contributed by atoms with Crippen LogP contribution >= 0.6 is 11.3 Å². The van der Waals surface area contributed by atoms with Gasteiger partial charge in [0.1, 0.15) is 0 Å². The molecule has 0 fully saturated rings. The SMILES string of the molecule is CNCCNCCc1csc2ccccc12. The fourth-order valence-electron chi connectivity index (χ4n) is 1.79. The molecule has 2 N–H and O–H groups in total. The van der Waals surface area contributed by atoms with Crippen molar-refractivity contribution in [3.8, 4) is 0 Å². The lowest BCUT2D eigenvalue weighted by atomic mass is 10.1. The molecule has 16 heavy (non-hydrogen) atoms. The van der Waals surface area contributed by atoms with E-state index in [1.165, 1.54) is 15.6 Å². The van der Waals surface area contributed by atoms with Crippen LogP contribution in [0.3, 0.4) is 0 Å². The van der Waals surface area contributed by atoms with Gasteiger partial charge in [-0.05, 0) is 42.4 Å². The smallest absolute Gasteiger partial charge is 0.0345 e. The van der Waals surface area contributed by atoms with Crippen molar-refractivity contribution in [2.24, 2.45) is 0 Å². The van der Waals surface area contributed by atoms with Crippen molar-refractivity contribution < 1.29 is 0 Å². The Morgan fingerprint density at radius 1 is 1.12 bits per heavy atom. The molecule has 0 unspecified atom stereocenters. The van der Waals surface area contributed by atoms with E-state index in [-0.39, 0.29) is 0 Å². The van der Waals surface area contributed by atoms with E-state index in [9.17, 15) is 0 Å². The largest absolute Gasteiger partial charge is 0.318 e. The molecule has 0 aliphatic rings. The lowest BCUT2D eigenvalue weighted by Gasteiger charge is -2.03. The van der Waals surface area contributed by atoms with E-state index in [0.717, 1.165) is 26.1 Å². The molecule has 0 radical (unpaired) electrons. The zero-order valence-electron chi connectivity index (χ0n) is 9.62. The summed E-state index contributed by atoms with van der Waals surface area (Å²) in [7, 11) is 1.98. The van der Waals surface area contributed by atoms with E-state index in [1.807, 2.05) is 18.4 Å². The second-order valence-corrected chi connectivity index (χ2v) is 4.77. The summed E-state index contributed by atoms with van der Waals surface area (Å²) in [6, 6.07) is 8.63. The predicted molar refractivity (Wildman–Crippen MR) is 72.3 cm³/mol. The molecule has 3 heteroatoms. The van der Waals surface area contributed by atoms with Crippen molar-refractivity contribution in [3.05, 3.63) is 35.2 Å². The fourth-order valence-corrected chi connectivity index (χ4v) is 2.79. The van der Waals surface area contributed by atoms with Gasteiger partial charge in [0, 0.05) is 17.8 Å². The quantitative estimate of drug-likeness (QED) is 0.749. The number of likely N-dealkylation sites (N-methyl/N-ethyl adjacent to an activating group) is 1. The maximum Gasteiger partial charge on any atom is 0.0345 e. The summed E-state index contributed by atoms with van der Waals surface area (Å²) in [6.07, 6.45) is 1.12. The summed E-state index contributed by atoms with van der Waals surface area (Å²) in [6.45, 7) is 3.13. The molecule has 1 aromatic heterocycles. The summed E-state index contributed by atoms with van der Waals surface area (Å²) in [5.41, 5.74) is 1.47. The summed E-state index contributed by atoms with van der Waals surface area (Å²) < 4.78 is 1.40. The van der Waals surface area contributed by atoms with Gasteiger partial charge in [-0.3, -0.25) is 0 Å². The van der Waals surface area contributed by atoms with Crippen molar-refractivity contribution in [1.29, 1.82) is 0 Å². The summed E-state index contributed by atoms with van der Waals surface area (Å²) in [5.74, 6) is 0. The van der Waals surface area contributed by atoms with Crippen LogP contribution < -0.4 is 10.6 Å². The minimum absolute atomic E-state index is 1.03. The number of nitrogens with one attached hydrogen (secondary N) is 2. The summed E-state index contributed by atoms with van der Waals surface area (Å²) >= 11 is 1.84. The molecule has 0 aliphatic carbocycles. The second kappa shape index (κ2) is 5.99. The van der Waals surface area contributed by atoms with Crippen molar-refractivity contribution in [3.63, 3.8) is 0 Å². The number of hydrogen-bond acceptors (Lipinski definition) is 3. The number of fused-ring (bicyclic) bond motifs is 1. The standard InChI is InChI=1S/C13H18N2S/c1-14-8-9-15-7-6-11-10-16-13-5-3-2-4-12(11)13/h2-5,10,14-15H,6-9H2,1H3. The molecule has 0 aliphatic heterocycles. The minimum Gasteiger partial charge on any atom is -0.318 e. The Kier molecular flexibility index (Phi) is 4.34. The van der Waals surface area contributed by atoms with Gasteiger partial charge in [-0.2, -0.15) is 0 Å². The third kappa shape index (κ3) is 2.82. The Bertz CT molecular complexity index is 436. The van der Waals surface area contributed by atoms with E-state index in [4.69, 9.17) is 0 Å². The third-order valence-corrected chi connectivity index (χ3v) is 3.70. The van der Waals surface area contributed by atoms with Crippen molar-refractivity contribution in [1.82, 2.24) is 10.6 Å². The van der Waals surface area contributed by atoms with Gasteiger partial charge in [0.2, 0.25) is 0 Å². The molecule has 1 heterocycles. The van der Waals surface area contributed by atoms with Crippen LogP contribution in [-0.4, -0.2) is 26.7 Å². The van der Waals surface area contributed by atoms with E-state index in [0.29, 0.717) is 0 Å². The molecule has 2 aromatic rings. The van der Waals surface area contributed by atoms with Gasteiger partial charge in [-0.15, -0.1) is 11.3 Å². The number of rotatable bonds is 6. The molecule has 2 nitrogen and oxygen atoms in total. The summed E-state index contributed by atoms with van der Waals surface area (Å²) in [5, 5.41) is 10.3. The van der Waals surface area contributed by atoms with E-state index >= 15 is 0 Å². The third-order valence-electron chi connectivity index (χ3n) is 2.68. The van der Waals surface area contributed by atoms with Crippen LogP contribution in [-0.2, 0) is 6.42 Å². The molecule has 0 bridgehead atoms. The van der Waals surface area contributed by atoms with E-state index in [2.05, 4.69) is 40.3 Å². The normalized spacial score (nSPS) is 11.1. The monoisotopic (exact) mass is 234 g/mol. The van der Waals surface area contributed by atoms with Crippen LogP contribution in [0.5, 0.6) is 0 Å². The first-order valence-electron chi connectivity index (χ1n) is 5.72. The molecule has 0 amide bonds. The van der Waals surface area contributed by atoms with Gasteiger partial charge < -0.3 is 10.6 Å². The molecule has 0 saturated carbocycles. The van der Waals surface area contributed by atoms with Gasteiger partial charge in [-0.1, -0.05) is 18.2 Å². The minimum atomic E-state index is 1.03. The molecule has 0 atom stereocenters. The zero-order valence-corrected chi connectivity index (χ0v) is 10.4. The van der Waals surface area contributed by atoms with Crippen molar-refractivity contribution in [2.45, 2.75) is 6.42 Å². The highest BCUT2D eigenvalue weighted by Gasteiger charge is 2.01. The van der Waals surface area contributed by atoms with Crippen LogP contribution in [0.4, 0.5) is 0 Å². The van der Waals surface area contributed by atoms with Gasteiger partial charge in [0.15, 0.2) is 0 Å². The predicted octanol–water partition coefficient (Wildman–Crippen LogP) is 2.25. The Morgan fingerprint density at radius 3 is 2.88 bits per heavy atom. The lowest BCUT2D eigenvalue weighted by Crippen LogP contribution is -2.26. The number of benzene rings is 1. The first-order chi connectivity index (χ1) is 7.92. The van der Waals surface area contributed by atoms with Crippen LogP contribution in [0.2, 0.25) is 0 Å². The fraction of sp³-hybridized carbons (Fsp3) is 0.385. The molecular formula is C13H18N2S. The highest BCUT2D eigenvalue weighted by atomic mass is 32.1. The van der Waals surface area contributed by atoms with E-state index in [1.54, 1.807) is 0 Å². The van der Waals surface area contributed by atoms with Gasteiger partial charge in [0.05, 0.1) is 0 Å². The Morgan fingerprint density at radius 2 is 2.00 bits per heavy atom. The van der Waals surface area contributed by atoms with Gasteiger partial charge >= 0.3 is 0 Å². The number of thiophene rings is 1. The Balaban J connectivity index is 1.89. The first-order valence-corrected chi connectivity index (χ1v) is 6.60. The van der Waals surface area contributed by atoms with Gasteiger partial charge in [0.25, 0.3) is 0 Å². The van der Waals surface area contributed by atoms with Gasteiger partial charge in [-0.25, -0.2) is 0 Å². The van der Waals surface area contributed by atoms with Crippen LogP contribution in [0.25, 0.3) is 10.1 Å². The summed E-state index contributed by atoms with van der Waals surface area (Å²) in [4.78, 5) is 0. The highest BCUT2D eigenvalue weighted by Crippen LogP contribution is 2.25. The van der Waals surface area contributed by atoms with Crippen molar-refractivity contribution in [2.75, 3.05) is 26.7 Å². The van der Waals surface area contributed by atoms with E-state index < -0.39 is 0 Å². The molecule has 2 rings (SSSR count).